The highest BCUT2D eigenvalue weighted by Gasteiger charge is 2.17. The molecule has 0 aromatic heterocycles. The van der Waals surface area contributed by atoms with Crippen LogP contribution in [0.15, 0.2) is 54.6 Å². The molecule has 0 amide bonds. The van der Waals surface area contributed by atoms with Crippen molar-refractivity contribution in [1.82, 2.24) is 0 Å². The first-order valence-corrected chi connectivity index (χ1v) is 7.37. The molecule has 0 unspecified atom stereocenters. The normalized spacial score (nSPS) is 14.8. The third-order valence-electron chi connectivity index (χ3n) is 3.99. The van der Waals surface area contributed by atoms with Crippen LogP contribution in [-0.2, 0) is 6.42 Å². The first-order chi connectivity index (χ1) is 10.4. The number of para-hydroxylation sites is 1. The van der Waals surface area contributed by atoms with Crippen molar-refractivity contribution < 1.29 is 0 Å². The van der Waals surface area contributed by atoms with Crippen LogP contribution in [0.4, 0.5) is 11.4 Å². The van der Waals surface area contributed by atoms with Crippen LogP contribution in [0.25, 0.3) is 0 Å². The molecular weight excluding hydrogens is 258 g/mol. The molecular formula is C18H19N3. The molecule has 21 heavy (non-hydrogen) atoms. The highest BCUT2D eigenvalue weighted by atomic mass is 15.3. The lowest BCUT2D eigenvalue weighted by molar-refractivity contribution is 0.653. The molecule has 0 saturated carbocycles. The van der Waals surface area contributed by atoms with E-state index in [1.54, 1.807) is 0 Å². The predicted molar refractivity (Wildman–Crippen MR) is 86.6 cm³/mol. The highest BCUT2D eigenvalue weighted by Crippen LogP contribution is 2.20. The molecule has 1 aliphatic heterocycles. The second kappa shape index (κ2) is 6.32. The predicted octanol–water partition coefficient (Wildman–Crippen LogP) is 3.08. The maximum atomic E-state index is 8.71. The molecule has 0 N–H and O–H groups in total. The van der Waals surface area contributed by atoms with Gasteiger partial charge in [-0.25, -0.2) is 0 Å². The number of anilines is 2. The Morgan fingerprint density at radius 1 is 0.762 bits per heavy atom. The van der Waals surface area contributed by atoms with Gasteiger partial charge in [0.1, 0.15) is 0 Å². The average molecular weight is 277 g/mol. The van der Waals surface area contributed by atoms with Gasteiger partial charge in [0.15, 0.2) is 0 Å². The minimum atomic E-state index is 0.488. The molecule has 2 aromatic carbocycles. The maximum Gasteiger partial charge on any atom is 0.0669 e. The van der Waals surface area contributed by atoms with Crippen molar-refractivity contribution in [2.45, 2.75) is 6.42 Å². The second-order valence-corrected chi connectivity index (χ2v) is 5.31. The minimum Gasteiger partial charge on any atom is -0.368 e. The molecule has 3 heteroatoms. The van der Waals surface area contributed by atoms with Gasteiger partial charge in [-0.2, -0.15) is 5.26 Å². The molecule has 0 radical (unpaired) electrons. The summed E-state index contributed by atoms with van der Waals surface area (Å²) in [5.41, 5.74) is 3.65. The van der Waals surface area contributed by atoms with Crippen LogP contribution in [0.5, 0.6) is 0 Å². The van der Waals surface area contributed by atoms with E-state index >= 15 is 0 Å². The fourth-order valence-electron chi connectivity index (χ4n) is 2.78. The van der Waals surface area contributed by atoms with E-state index in [0.29, 0.717) is 6.42 Å². The van der Waals surface area contributed by atoms with Crippen molar-refractivity contribution in [1.29, 1.82) is 5.26 Å². The quantitative estimate of drug-likeness (QED) is 0.863. The lowest BCUT2D eigenvalue weighted by atomic mass is 10.1. The summed E-state index contributed by atoms with van der Waals surface area (Å²) in [6, 6.07) is 21.2. The molecule has 0 spiro atoms. The molecule has 1 heterocycles. The van der Waals surface area contributed by atoms with Gasteiger partial charge in [0.25, 0.3) is 0 Å². The van der Waals surface area contributed by atoms with Crippen molar-refractivity contribution in [3.05, 3.63) is 60.2 Å². The van der Waals surface area contributed by atoms with Crippen LogP contribution in [0.2, 0.25) is 0 Å². The fraction of sp³-hybridized carbons (Fsp3) is 0.278. The van der Waals surface area contributed by atoms with E-state index in [1.807, 2.05) is 0 Å². The SMILES string of the molecule is N#CCc1ccc(N2CCN(c3ccccc3)CC2)cc1. The number of nitriles is 1. The Hall–Kier alpha value is -2.47. The topological polar surface area (TPSA) is 30.3 Å². The van der Waals surface area contributed by atoms with Gasteiger partial charge in [-0.1, -0.05) is 30.3 Å². The van der Waals surface area contributed by atoms with E-state index in [-0.39, 0.29) is 0 Å². The Bertz CT molecular complexity index is 605. The van der Waals surface area contributed by atoms with Crippen molar-refractivity contribution in [2.75, 3.05) is 36.0 Å². The Kier molecular flexibility index (Phi) is 4.07. The fourth-order valence-corrected chi connectivity index (χ4v) is 2.78. The molecule has 0 aliphatic carbocycles. The molecule has 3 nitrogen and oxygen atoms in total. The number of hydrogen-bond donors (Lipinski definition) is 0. The summed E-state index contributed by atoms with van der Waals surface area (Å²) in [6.07, 6.45) is 0.488. The van der Waals surface area contributed by atoms with Gasteiger partial charge in [0.2, 0.25) is 0 Å². The van der Waals surface area contributed by atoms with E-state index in [4.69, 9.17) is 5.26 Å². The van der Waals surface area contributed by atoms with Gasteiger partial charge in [-0.15, -0.1) is 0 Å². The van der Waals surface area contributed by atoms with Gasteiger partial charge < -0.3 is 9.80 Å². The van der Waals surface area contributed by atoms with Gasteiger partial charge >= 0.3 is 0 Å². The van der Waals surface area contributed by atoms with Crippen molar-refractivity contribution in [3.8, 4) is 6.07 Å². The van der Waals surface area contributed by atoms with E-state index in [2.05, 4.69) is 70.5 Å². The largest absolute Gasteiger partial charge is 0.368 e. The summed E-state index contributed by atoms with van der Waals surface area (Å²) < 4.78 is 0. The number of rotatable bonds is 3. The first-order valence-electron chi connectivity index (χ1n) is 7.37. The van der Waals surface area contributed by atoms with Crippen molar-refractivity contribution in [3.63, 3.8) is 0 Å². The average Bonchev–Trinajstić information content (AvgIpc) is 2.57. The van der Waals surface area contributed by atoms with Crippen molar-refractivity contribution >= 4 is 11.4 Å². The van der Waals surface area contributed by atoms with Crippen LogP contribution in [0.1, 0.15) is 5.56 Å². The molecule has 1 saturated heterocycles. The number of nitrogens with zero attached hydrogens (tertiary/aromatic N) is 3. The summed E-state index contributed by atoms with van der Waals surface area (Å²) in [5, 5.41) is 8.71. The zero-order chi connectivity index (χ0) is 14.5. The smallest absolute Gasteiger partial charge is 0.0669 e. The molecule has 0 bridgehead atoms. The monoisotopic (exact) mass is 277 g/mol. The van der Waals surface area contributed by atoms with Crippen LogP contribution in [0, 0.1) is 11.3 Å². The number of hydrogen-bond acceptors (Lipinski definition) is 3. The first kappa shape index (κ1) is 13.5. The lowest BCUT2D eigenvalue weighted by Crippen LogP contribution is -2.46. The Balaban J connectivity index is 1.62. The summed E-state index contributed by atoms with van der Waals surface area (Å²) in [4.78, 5) is 4.84. The van der Waals surface area contributed by atoms with Gasteiger partial charge in [0, 0.05) is 37.6 Å². The van der Waals surface area contributed by atoms with E-state index in [0.717, 1.165) is 31.7 Å². The van der Waals surface area contributed by atoms with Crippen LogP contribution >= 0.6 is 0 Å². The summed E-state index contributed by atoms with van der Waals surface area (Å²) in [6.45, 7) is 4.16. The maximum absolute atomic E-state index is 8.71. The molecule has 106 valence electrons. The van der Waals surface area contributed by atoms with Crippen LogP contribution in [-0.4, -0.2) is 26.2 Å². The molecule has 1 aliphatic rings. The Morgan fingerprint density at radius 3 is 1.81 bits per heavy atom. The van der Waals surface area contributed by atoms with Crippen LogP contribution < -0.4 is 9.80 Å². The Morgan fingerprint density at radius 2 is 1.29 bits per heavy atom. The van der Waals surface area contributed by atoms with E-state index in [1.165, 1.54) is 11.4 Å². The number of benzene rings is 2. The van der Waals surface area contributed by atoms with E-state index in [9.17, 15) is 0 Å². The molecule has 0 atom stereocenters. The standard InChI is InChI=1S/C18H19N3/c19-11-10-16-6-8-18(9-7-16)21-14-12-20(13-15-21)17-4-2-1-3-5-17/h1-9H,10,12-15H2. The zero-order valence-electron chi connectivity index (χ0n) is 12.1. The third kappa shape index (κ3) is 3.17. The van der Waals surface area contributed by atoms with Gasteiger partial charge in [-0.3, -0.25) is 0 Å². The minimum absolute atomic E-state index is 0.488. The van der Waals surface area contributed by atoms with Crippen molar-refractivity contribution in [2.24, 2.45) is 0 Å². The van der Waals surface area contributed by atoms with Crippen LogP contribution in [0.3, 0.4) is 0 Å². The highest BCUT2D eigenvalue weighted by molar-refractivity contribution is 5.52. The zero-order valence-corrected chi connectivity index (χ0v) is 12.1. The van der Waals surface area contributed by atoms with Gasteiger partial charge in [0.05, 0.1) is 12.5 Å². The summed E-state index contributed by atoms with van der Waals surface area (Å²) in [7, 11) is 0. The third-order valence-corrected chi connectivity index (χ3v) is 3.99. The second-order valence-electron chi connectivity index (χ2n) is 5.31. The molecule has 3 rings (SSSR count). The lowest BCUT2D eigenvalue weighted by Gasteiger charge is -2.37. The number of piperazine rings is 1. The van der Waals surface area contributed by atoms with E-state index < -0.39 is 0 Å². The molecule has 1 fully saturated rings. The summed E-state index contributed by atoms with van der Waals surface area (Å²) in [5.74, 6) is 0. The van der Waals surface area contributed by atoms with Gasteiger partial charge in [-0.05, 0) is 29.8 Å². The Labute approximate surface area is 126 Å². The molecule has 2 aromatic rings. The summed E-state index contributed by atoms with van der Waals surface area (Å²) >= 11 is 0.